The van der Waals surface area contributed by atoms with Crippen molar-refractivity contribution < 1.29 is 117 Å². The summed E-state index contributed by atoms with van der Waals surface area (Å²) < 4.78 is 39.5. The molecule has 2 saturated heterocycles. The number of halogens is 2. The molecule has 21 N–H and O–H groups in total. The van der Waals surface area contributed by atoms with E-state index in [1.165, 1.54) is 56.0 Å². The number of phenolic OH excluding ortho intramolecular Hbond substituents is 3. The van der Waals surface area contributed by atoms with E-state index in [1.54, 1.807) is 10.8 Å². The molecular formula is C76H98Cl2N11O23S2+. The number of aliphatic hydroxyl groups is 6. The lowest BCUT2D eigenvalue weighted by molar-refractivity contribution is -0.870. The van der Waals surface area contributed by atoms with Gasteiger partial charge in [0.15, 0.2) is 23.9 Å². The number of primary amides is 1. The summed E-state index contributed by atoms with van der Waals surface area (Å²) >= 11 is 14.3. The zero-order valence-corrected chi connectivity index (χ0v) is 66.7. The molecule has 5 aromatic carbocycles. The van der Waals surface area contributed by atoms with E-state index in [0.717, 1.165) is 90.6 Å². The number of aliphatic hydroxyl groups excluding tert-OH is 6. The fourth-order valence-electron chi connectivity index (χ4n) is 13.9. The molecule has 12 rings (SSSR count). The van der Waals surface area contributed by atoms with Gasteiger partial charge in [-0.25, -0.2) is 0 Å². The maximum atomic E-state index is 16.3. The summed E-state index contributed by atoms with van der Waals surface area (Å²) in [6, 6.07) is 0.607. The van der Waals surface area contributed by atoms with Crippen molar-refractivity contribution in [3.8, 4) is 57.1 Å². The van der Waals surface area contributed by atoms with Crippen molar-refractivity contribution in [2.45, 2.75) is 175 Å². The van der Waals surface area contributed by atoms with Crippen molar-refractivity contribution in [1.29, 1.82) is 0 Å². The Morgan fingerprint density at radius 3 is 1.95 bits per heavy atom. The van der Waals surface area contributed by atoms with Crippen molar-refractivity contribution in [2.75, 3.05) is 59.4 Å². The fourth-order valence-corrected chi connectivity index (χ4v) is 16.4. The molecule has 0 saturated carbocycles. The largest absolute Gasteiger partial charge is 0.508 e. The van der Waals surface area contributed by atoms with Crippen LogP contribution < -0.4 is 68.2 Å². The number of phenols is 3. The zero-order chi connectivity index (χ0) is 83.1. The number of carbonyl (C=O) groups excluding carboxylic acids is 8. The molecule has 0 aromatic heterocycles. The monoisotopic (exact) mass is 1670 g/mol. The minimum absolute atomic E-state index is 0.00954. The summed E-state index contributed by atoms with van der Waals surface area (Å²) in [4.78, 5) is 120. The number of hydrogen-bond acceptors (Lipinski definition) is 27. The number of aromatic hydroxyl groups is 3. The van der Waals surface area contributed by atoms with E-state index in [2.05, 4.69) is 63.7 Å². The summed E-state index contributed by atoms with van der Waals surface area (Å²) in [5.74, 6) is -13.2. The van der Waals surface area contributed by atoms with E-state index in [4.69, 9.17) is 63.1 Å². The van der Waals surface area contributed by atoms with Gasteiger partial charge < -0.3 is 133 Å². The topological polar surface area (TPSA) is 522 Å². The molecule has 7 aliphatic heterocycles. The van der Waals surface area contributed by atoms with Gasteiger partial charge in [-0.2, -0.15) is 0 Å². The molecule has 0 aliphatic carbocycles. The third-order valence-electron chi connectivity index (χ3n) is 19.9. The molecule has 7 aliphatic rings. The third kappa shape index (κ3) is 21.0. The Hall–Kier alpha value is -8.54. The molecule has 38 heteroatoms. The highest BCUT2D eigenvalue weighted by Crippen LogP contribution is 2.50. The molecule has 2 fully saturated rings. The standard InChI is InChI=1S/C76H97Cl2N11O23S2/c1-33(2)22-44(81-5)68(100)87-59-61(95)36-13-16-48(42(77)24-36)108-50-26-38-27-51(65(50)112-75-66(64(98)63(97)52(32-90)110-75)111-54-31-76(4,80)67(99)34(3)107-54)109-49-17-14-37(25-43(49)78)62(96)60-74(106)86-58(70(102)82-18-21-114-113-20-11-9-10-19-89(6,7)8)41-28-39(91)29-47(93)55(41)40-23-35(12-15-46(40)92)56(71(103)88-60)85-72(104)57(38)84-69(101)45(30-53(79)94)83-73(59)105/h12-17,23-29,33-34,44-45,52,54,56-64,66-67,75,81,90,95-99H,9-11,18-22,30-32,80H2,1-8H3,(H11-,79,82,83,84,85,86,87,88,91,92,93,94,100,101,102,103,104,105,106)/p+1/t34-,44+,45-,52+,54-,56+,57+,58-,59+,60-,61+,62+,63+,64-,66+,67+,75-,76-/m0/s1. The molecule has 11 bridgehead atoms. The van der Waals surface area contributed by atoms with E-state index in [1.807, 2.05) is 13.8 Å². The van der Waals surface area contributed by atoms with Gasteiger partial charge in [0, 0.05) is 47.2 Å². The van der Waals surface area contributed by atoms with Gasteiger partial charge in [-0.15, -0.1) is 0 Å². The number of rotatable bonds is 23. The summed E-state index contributed by atoms with van der Waals surface area (Å²) in [5.41, 5.74) is 8.74. The van der Waals surface area contributed by atoms with Crippen LogP contribution in [0.2, 0.25) is 10.0 Å². The first-order chi connectivity index (χ1) is 53.8. The summed E-state index contributed by atoms with van der Waals surface area (Å²) in [7, 11) is 10.9. The number of nitrogens with two attached hydrogens (primary N) is 2. The minimum atomic E-state index is -2.33. The van der Waals surface area contributed by atoms with Crippen LogP contribution in [0.15, 0.2) is 78.9 Å². The van der Waals surface area contributed by atoms with Crippen molar-refractivity contribution in [2.24, 2.45) is 17.4 Å². The summed E-state index contributed by atoms with van der Waals surface area (Å²) in [6.07, 6.45) is -15.4. The first kappa shape index (κ1) is 87.8. The van der Waals surface area contributed by atoms with Gasteiger partial charge in [0.2, 0.25) is 59.3 Å². The van der Waals surface area contributed by atoms with Crippen LogP contribution in [0, 0.1) is 5.92 Å². The molecule has 5 aromatic rings. The van der Waals surface area contributed by atoms with Crippen molar-refractivity contribution in [3.05, 3.63) is 117 Å². The molecule has 8 amide bonds. The molecule has 7 heterocycles. The Labute approximate surface area is 674 Å². The lowest BCUT2D eigenvalue weighted by atomic mass is 9.86. The van der Waals surface area contributed by atoms with E-state index < -0.39 is 220 Å². The highest BCUT2D eigenvalue weighted by Gasteiger charge is 2.52. The minimum Gasteiger partial charge on any atom is -0.508 e. The molecule has 18 atom stereocenters. The van der Waals surface area contributed by atoms with Gasteiger partial charge in [-0.1, -0.05) is 76.8 Å². The first-order valence-electron chi connectivity index (χ1n) is 36.9. The van der Waals surface area contributed by atoms with E-state index in [0.29, 0.717) is 5.75 Å². The predicted octanol–water partition coefficient (Wildman–Crippen LogP) is 2.40. The van der Waals surface area contributed by atoms with Crippen LogP contribution in [0.25, 0.3) is 11.1 Å². The lowest BCUT2D eigenvalue weighted by Gasteiger charge is -2.47. The number of likely N-dealkylation sites (N-methyl/N-ethyl adjacent to an activating group) is 1. The third-order valence-corrected chi connectivity index (χ3v) is 23.0. The Kier molecular flexibility index (Phi) is 29.0. The second-order valence-electron chi connectivity index (χ2n) is 30.4. The number of hydrogen-bond donors (Lipinski definition) is 19. The number of fused-ring (bicyclic) bond motifs is 15. The number of nitrogens with one attached hydrogen (secondary N) is 8. The van der Waals surface area contributed by atoms with Crippen LogP contribution in [0.3, 0.4) is 0 Å². The number of benzene rings is 5. The zero-order valence-electron chi connectivity index (χ0n) is 63.6. The molecule has 0 radical (unpaired) electrons. The molecule has 0 unspecified atom stereocenters. The Bertz CT molecular complexity index is 4390. The van der Waals surface area contributed by atoms with Crippen LogP contribution in [-0.2, 0) is 52.6 Å². The quantitative estimate of drug-likeness (QED) is 0.0254. The highest BCUT2D eigenvalue weighted by atomic mass is 35.5. The molecule has 0 spiro atoms. The molecule has 620 valence electrons. The second-order valence-corrected chi connectivity index (χ2v) is 33.9. The summed E-state index contributed by atoms with van der Waals surface area (Å²) in [6.45, 7) is 6.74. The van der Waals surface area contributed by atoms with E-state index >= 15 is 19.2 Å². The number of carbonyl (C=O) groups is 8. The normalized spacial score (nSPS) is 27.6. The average Bonchev–Trinajstić information content (AvgIpc) is 0.765. The molecule has 34 nitrogen and oxygen atoms in total. The summed E-state index contributed by atoms with van der Waals surface area (Å²) in [5, 5.41) is 125. The van der Waals surface area contributed by atoms with Gasteiger partial charge in [-0.3, -0.25) is 38.4 Å². The van der Waals surface area contributed by atoms with Gasteiger partial charge in [0.05, 0.1) is 69.0 Å². The first-order valence-corrected chi connectivity index (χ1v) is 40.1. The predicted molar refractivity (Wildman–Crippen MR) is 416 cm³/mol. The Morgan fingerprint density at radius 1 is 0.711 bits per heavy atom. The maximum Gasteiger partial charge on any atom is 0.248 e. The van der Waals surface area contributed by atoms with Gasteiger partial charge in [0.25, 0.3) is 0 Å². The lowest BCUT2D eigenvalue weighted by Crippen LogP contribution is -2.64. The second kappa shape index (κ2) is 37.6. The Morgan fingerprint density at radius 2 is 1.33 bits per heavy atom. The average molecular weight is 1670 g/mol. The van der Waals surface area contributed by atoms with Gasteiger partial charge >= 0.3 is 0 Å². The number of quaternary nitrogens is 1. The van der Waals surface area contributed by atoms with Gasteiger partial charge in [-0.05, 0) is 135 Å². The van der Waals surface area contributed by atoms with Crippen molar-refractivity contribution >= 4 is 92.0 Å². The Balaban J connectivity index is 1.17. The van der Waals surface area contributed by atoms with Crippen LogP contribution in [0.5, 0.6) is 46.0 Å². The van der Waals surface area contributed by atoms with Crippen LogP contribution in [0.4, 0.5) is 0 Å². The van der Waals surface area contributed by atoms with Crippen LogP contribution in [0.1, 0.15) is 124 Å². The van der Waals surface area contributed by atoms with Gasteiger partial charge in [0.1, 0.15) is 95.5 Å². The smallest absolute Gasteiger partial charge is 0.248 e. The number of unbranched alkanes of at least 4 members (excludes halogenated alkanes) is 2. The maximum absolute atomic E-state index is 16.3. The van der Waals surface area contributed by atoms with E-state index in [-0.39, 0.29) is 69.6 Å². The number of amides is 8. The van der Waals surface area contributed by atoms with Crippen LogP contribution >= 0.6 is 44.8 Å². The fraction of sp³-hybridized carbons (Fsp3) is 0.500. The molecule has 114 heavy (non-hydrogen) atoms. The van der Waals surface area contributed by atoms with Crippen molar-refractivity contribution in [1.82, 2.24) is 42.5 Å². The van der Waals surface area contributed by atoms with Crippen molar-refractivity contribution in [3.63, 3.8) is 0 Å². The van der Waals surface area contributed by atoms with E-state index in [9.17, 15) is 65.1 Å². The number of ether oxygens (including phenoxy) is 6. The molecular weight excluding hydrogens is 1570 g/mol. The number of nitrogens with zero attached hydrogens (tertiary/aromatic N) is 1. The van der Waals surface area contributed by atoms with Crippen LogP contribution in [-0.4, -0.2) is 236 Å². The SMILES string of the molecule is CN[C@H](CC(C)C)C(=O)N[C@H]1C(=O)N[C@@H](CC(N)=O)C(=O)N[C@H]2C(=O)N[C@H]3C(=O)N[C@H](C(=O)N[C@H](C(=O)NCCSSCCCCC[N+](C)(C)C)c4cc(O)cc(O)c4-c4cc3ccc4O)[C@H](O)c3ccc(c(Cl)c3)Oc3cc2cc(c3O[C@@H]2O[C@H](CO)[C@@H](O)[C@H](O)[C@H]2O[C@H]2C[C@](C)(N)[C@H](O)[C@H](C)O2)Oc2ccc(cc2Cl)[C@H]1O. The highest BCUT2D eigenvalue weighted by molar-refractivity contribution is 8.76.